The first kappa shape index (κ1) is 18.7. The summed E-state index contributed by atoms with van der Waals surface area (Å²) in [7, 11) is 0. The molecule has 0 bridgehead atoms. The summed E-state index contributed by atoms with van der Waals surface area (Å²) in [4.78, 5) is 21.9. The van der Waals surface area contributed by atoms with E-state index in [0.29, 0.717) is 22.2 Å². The van der Waals surface area contributed by atoms with Crippen molar-refractivity contribution in [2.45, 2.75) is 33.6 Å². The number of thiophene rings is 1. The van der Waals surface area contributed by atoms with E-state index in [9.17, 15) is 9.90 Å². The maximum Gasteiger partial charge on any atom is 0.260 e. The van der Waals surface area contributed by atoms with Crippen LogP contribution in [-0.4, -0.2) is 15.1 Å². The largest absolute Gasteiger partial charge is 0.508 e. The number of aromatic hydroxyl groups is 1. The Morgan fingerprint density at radius 2 is 2.08 bits per heavy atom. The number of nitrogens with zero attached hydrogens (tertiary/aromatic N) is 1. The molecule has 3 rings (SSSR count). The number of nitrogens with one attached hydrogen (secondary N) is 1. The molecule has 2 heterocycles. The number of halogens is 1. The molecule has 0 aliphatic heterocycles. The summed E-state index contributed by atoms with van der Waals surface area (Å²) in [6.07, 6.45) is 3.66. The zero-order valence-corrected chi connectivity index (χ0v) is 16.5. The van der Waals surface area contributed by atoms with Gasteiger partial charge in [-0.05, 0) is 48.6 Å². The Balaban J connectivity index is 2.04. The van der Waals surface area contributed by atoms with E-state index in [4.69, 9.17) is 11.6 Å². The summed E-state index contributed by atoms with van der Waals surface area (Å²) < 4.78 is 0. The van der Waals surface area contributed by atoms with Gasteiger partial charge < -0.3 is 10.1 Å². The molecule has 0 saturated carbocycles. The molecule has 1 atom stereocenters. The molecule has 0 aliphatic carbocycles. The average molecular weight is 389 g/mol. The molecule has 0 spiro atoms. The molecule has 1 aromatic carbocycles. The Labute approximate surface area is 161 Å². The van der Waals surface area contributed by atoms with Crippen LogP contribution < -0.4 is 5.56 Å². The van der Waals surface area contributed by atoms with Gasteiger partial charge in [-0.15, -0.1) is 11.3 Å². The van der Waals surface area contributed by atoms with Gasteiger partial charge in [-0.2, -0.15) is 0 Å². The van der Waals surface area contributed by atoms with Gasteiger partial charge in [0, 0.05) is 4.88 Å². The van der Waals surface area contributed by atoms with Crippen molar-refractivity contribution >= 4 is 44.3 Å². The second-order valence-electron chi connectivity index (χ2n) is 6.53. The molecular formula is C20H21ClN2O2S. The van der Waals surface area contributed by atoms with E-state index in [2.05, 4.69) is 23.8 Å². The molecule has 0 amide bonds. The second-order valence-corrected chi connectivity index (χ2v) is 8.14. The summed E-state index contributed by atoms with van der Waals surface area (Å²) in [6, 6.07) is 6.65. The molecule has 2 N–H and O–H groups in total. The molecule has 0 radical (unpaired) electrons. The van der Waals surface area contributed by atoms with Crippen LogP contribution in [0.5, 0.6) is 5.75 Å². The summed E-state index contributed by atoms with van der Waals surface area (Å²) in [5, 5.41) is 10.4. The van der Waals surface area contributed by atoms with Crippen LogP contribution in [0.2, 0.25) is 0 Å². The number of rotatable bonds is 5. The van der Waals surface area contributed by atoms with Crippen molar-refractivity contribution in [1.82, 2.24) is 9.97 Å². The van der Waals surface area contributed by atoms with Gasteiger partial charge in [0.15, 0.2) is 5.82 Å². The number of fused-ring (bicyclic) bond motifs is 1. The number of phenols is 1. The highest BCUT2D eigenvalue weighted by Crippen LogP contribution is 2.31. The standard InChI is InChI=1S/C20H21ClN2O2S/c1-4-11(2)9-15-12(3)26-20-17(15)19(25)22-18(23-20)16(21)10-13-5-7-14(24)8-6-13/h5-8,10-11,24H,4,9H2,1-3H3,(H,22,23,25)/b16-10-/t11-/m0/s1. The zero-order chi connectivity index (χ0) is 18.8. The van der Waals surface area contributed by atoms with Crippen LogP contribution in [-0.2, 0) is 6.42 Å². The van der Waals surface area contributed by atoms with Crippen LogP contribution in [0.4, 0.5) is 0 Å². The lowest BCUT2D eigenvalue weighted by atomic mass is 9.98. The van der Waals surface area contributed by atoms with Crippen LogP contribution in [0.3, 0.4) is 0 Å². The third-order valence-electron chi connectivity index (χ3n) is 4.52. The molecule has 3 aromatic rings. The van der Waals surface area contributed by atoms with Gasteiger partial charge in [-0.25, -0.2) is 4.98 Å². The van der Waals surface area contributed by atoms with E-state index in [-0.39, 0.29) is 11.3 Å². The molecule has 2 aromatic heterocycles. The van der Waals surface area contributed by atoms with Gasteiger partial charge in [0.2, 0.25) is 0 Å². The van der Waals surface area contributed by atoms with Crippen molar-refractivity contribution in [2.24, 2.45) is 5.92 Å². The van der Waals surface area contributed by atoms with E-state index < -0.39 is 0 Å². The lowest BCUT2D eigenvalue weighted by molar-refractivity contribution is 0.475. The average Bonchev–Trinajstić information content (AvgIpc) is 2.92. The van der Waals surface area contributed by atoms with Crippen LogP contribution in [0.25, 0.3) is 21.3 Å². The summed E-state index contributed by atoms with van der Waals surface area (Å²) in [5.74, 6) is 1.06. The number of aromatic amines is 1. The zero-order valence-electron chi connectivity index (χ0n) is 15.0. The van der Waals surface area contributed by atoms with Crippen molar-refractivity contribution in [2.75, 3.05) is 0 Å². The fraction of sp³-hybridized carbons (Fsp3) is 0.300. The maximum absolute atomic E-state index is 12.7. The first-order chi connectivity index (χ1) is 12.4. The lowest BCUT2D eigenvalue weighted by Gasteiger charge is -2.08. The predicted molar refractivity (Wildman–Crippen MR) is 110 cm³/mol. The minimum atomic E-state index is -0.148. The van der Waals surface area contributed by atoms with Crippen molar-refractivity contribution in [3.05, 3.63) is 56.4 Å². The number of aryl methyl sites for hydroxylation is 1. The highest BCUT2D eigenvalue weighted by Gasteiger charge is 2.17. The normalized spacial score (nSPS) is 13.3. The van der Waals surface area contributed by atoms with E-state index in [1.165, 1.54) is 11.3 Å². The van der Waals surface area contributed by atoms with Crippen LogP contribution >= 0.6 is 22.9 Å². The van der Waals surface area contributed by atoms with Gasteiger partial charge in [0.1, 0.15) is 10.6 Å². The van der Waals surface area contributed by atoms with Gasteiger partial charge in [0.25, 0.3) is 5.56 Å². The van der Waals surface area contributed by atoms with Gasteiger partial charge in [0.05, 0.1) is 10.4 Å². The Kier molecular flexibility index (Phi) is 5.49. The Morgan fingerprint density at radius 3 is 2.73 bits per heavy atom. The summed E-state index contributed by atoms with van der Waals surface area (Å²) in [6.45, 7) is 6.39. The predicted octanol–water partition coefficient (Wildman–Crippen LogP) is 5.32. The van der Waals surface area contributed by atoms with Crippen LogP contribution in [0.15, 0.2) is 29.1 Å². The van der Waals surface area contributed by atoms with Crippen molar-refractivity contribution in [3.8, 4) is 5.75 Å². The smallest absolute Gasteiger partial charge is 0.260 e. The summed E-state index contributed by atoms with van der Waals surface area (Å²) in [5.41, 5.74) is 1.76. The highest BCUT2D eigenvalue weighted by atomic mass is 35.5. The molecule has 136 valence electrons. The van der Waals surface area contributed by atoms with Crippen molar-refractivity contribution < 1.29 is 5.11 Å². The minimum Gasteiger partial charge on any atom is -0.508 e. The molecule has 0 saturated heterocycles. The number of aromatic nitrogens is 2. The maximum atomic E-state index is 12.7. The first-order valence-electron chi connectivity index (χ1n) is 8.58. The molecule has 6 heteroatoms. The number of hydrogen-bond donors (Lipinski definition) is 2. The Morgan fingerprint density at radius 1 is 1.38 bits per heavy atom. The van der Waals surface area contributed by atoms with E-state index in [1.807, 2.05) is 6.92 Å². The quantitative estimate of drug-likeness (QED) is 0.621. The third kappa shape index (κ3) is 3.84. The monoisotopic (exact) mass is 388 g/mol. The van der Waals surface area contributed by atoms with Crippen molar-refractivity contribution in [3.63, 3.8) is 0 Å². The lowest BCUT2D eigenvalue weighted by Crippen LogP contribution is -2.12. The number of hydrogen-bond acceptors (Lipinski definition) is 4. The van der Waals surface area contributed by atoms with Gasteiger partial charge in [-0.3, -0.25) is 4.79 Å². The molecule has 26 heavy (non-hydrogen) atoms. The Bertz CT molecular complexity index is 1020. The Hall–Kier alpha value is -2.11. The third-order valence-corrected chi connectivity index (χ3v) is 5.85. The molecular weight excluding hydrogens is 368 g/mol. The van der Waals surface area contributed by atoms with Gasteiger partial charge in [-0.1, -0.05) is 44.0 Å². The topological polar surface area (TPSA) is 66.0 Å². The minimum absolute atomic E-state index is 0.148. The van der Waals surface area contributed by atoms with E-state index in [0.717, 1.165) is 33.7 Å². The van der Waals surface area contributed by atoms with Crippen molar-refractivity contribution in [1.29, 1.82) is 0 Å². The molecule has 4 nitrogen and oxygen atoms in total. The highest BCUT2D eigenvalue weighted by molar-refractivity contribution is 7.18. The van der Waals surface area contributed by atoms with Crippen LogP contribution in [0, 0.1) is 12.8 Å². The van der Waals surface area contributed by atoms with Crippen LogP contribution in [0.1, 0.15) is 42.1 Å². The number of H-pyrrole nitrogens is 1. The molecule has 0 fully saturated rings. The fourth-order valence-electron chi connectivity index (χ4n) is 2.81. The SMILES string of the molecule is CC[C@H](C)Cc1c(C)sc2nc(/C(Cl)=C/c3ccc(O)cc3)[nH]c(=O)c12. The van der Waals surface area contributed by atoms with Gasteiger partial charge >= 0.3 is 0 Å². The van der Waals surface area contributed by atoms with E-state index in [1.54, 1.807) is 30.3 Å². The first-order valence-corrected chi connectivity index (χ1v) is 9.77. The molecule has 0 aliphatic rings. The van der Waals surface area contributed by atoms with E-state index >= 15 is 0 Å². The fourth-order valence-corrected chi connectivity index (χ4v) is 4.08. The number of phenolic OH excluding ortho intramolecular Hbond substituents is 1. The molecule has 0 unspecified atom stereocenters. The number of benzene rings is 1. The second kappa shape index (κ2) is 7.64. The summed E-state index contributed by atoms with van der Waals surface area (Å²) >= 11 is 7.91.